The number of hydrogen-bond acceptors (Lipinski definition) is 8. The van der Waals surface area contributed by atoms with Crippen LogP contribution in [0.4, 0.5) is 5.69 Å². The molecular formula is C43H74N4O4S. The smallest absolute Gasteiger partial charge is 0.179 e. The van der Waals surface area contributed by atoms with Crippen LogP contribution in [0.1, 0.15) is 116 Å². The van der Waals surface area contributed by atoms with E-state index in [1.807, 2.05) is 55.4 Å². The van der Waals surface area contributed by atoms with Gasteiger partial charge in [0.25, 0.3) is 0 Å². The summed E-state index contributed by atoms with van der Waals surface area (Å²) in [6.45, 7) is 23.9. The number of benzene rings is 2. The van der Waals surface area contributed by atoms with Crippen molar-refractivity contribution in [2.24, 2.45) is 5.41 Å². The number of hydrogen-bond donors (Lipinski definition) is 1. The third-order valence-electron chi connectivity index (χ3n) is 11.5. The van der Waals surface area contributed by atoms with Crippen molar-refractivity contribution in [1.82, 2.24) is 14.7 Å². The molecule has 1 N–H and O–H groups in total. The van der Waals surface area contributed by atoms with Gasteiger partial charge in [0.15, 0.2) is 9.84 Å². The summed E-state index contributed by atoms with van der Waals surface area (Å²) in [4.78, 5) is 10.0. The summed E-state index contributed by atoms with van der Waals surface area (Å²) in [5, 5.41) is 12.5. The van der Waals surface area contributed by atoms with Gasteiger partial charge in [0.05, 0.1) is 23.4 Å². The highest BCUT2D eigenvalue weighted by Crippen LogP contribution is 2.50. The number of likely N-dealkylation sites (N-methyl/N-ethyl adjacent to an activating group) is 2. The monoisotopic (exact) mass is 743 g/mol. The Morgan fingerprint density at radius 1 is 0.712 bits per heavy atom. The van der Waals surface area contributed by atoms with Gasteiger partial charge in [-0.3, -0.25) is 0 Å². The molecule has 2 aromatic rings. The summed E-state index contributed by atoms with van der Waals surface area (Å²) in [6.07, 6.45) is 7.53. The van der Waals surface area contributed by atoms with E-state index in [0.29, 0.717) is 29.9 Å². The van der Waals surface area contributed by atoms with Gasteiger partial charge in [0.2, 0.25) is 0 Å². The highest BCUT2D eigenvalue weighted by atomic mass is 32.2. The Balaban J connectivity index is 1.73. The first-order valence-electron chi connectivity index (χ1n) is 20.6. The molecule has 0 bridgehead atoms. The molecule has 9 heteroatoms. The van der Waals surface area contributed by atoms with Crippen molar-refractivity contribution in [3.63, 3.8) is 0 Å². The second-order valence-corrected chi connectivity index (χ2v) is 17.2. The SMILES string of the molecule is CCCCC1(CCCC)CS(=O)(=O)c2ccc(N(C)C)cc2C(c2ccc(OCCCCCN(CCN(CC)CC)CCN(CC)CC)cc2)[C@H]1O. The van der Waals surface area contributed by atoms with Gasteiger partial charge in [0, 0.05) is 57.3 Å². The van der Waals surface area contributed by atoms with Crippen molar-refractivity contribution in [1.29, 1.82) is 0 Å². The Labute approximate surface area is 318 Å². The predicted molar refractivity (Wildman–Crippen MR) is 220 cm³/mol. The second-order valence-electron chi connectivity index (χ2n) is 15.2. The topological polar surface area (TPSA) is 76.6 Å². The van der Waals surface area contributed by atoms with Crippen LogP contribution in [0.15, 0.2) is 47.4 Å². The van der Waals surface area contributed by atoms with Crippen molar-refractivity contribution in [3.05, 3.63) is 53.6 Å². The van der Waals surface area contributed by atoms with Crippen LogP contribution in [0.2, 0.25) is 0 Å². The van der Waals surface area contributed by atoms with Gasteiger partial charge in [-0.05, 0) is 106 Å². The van der Waals surface area contributed by atoms with Crippen molar-refractivity contribution in [3.8, 4) is 5.75 Å². The molecule has 0 spiro atoms. The zero-order chi connectivity index (χ0) is 38.1. The first-order chi connectivity index (χ1) is 25.0. The molecule has 0 saturated carbocycles. The highest BCUT2D eigenvalue weighted by Gasteiger charge is 2.49. The Morgan fingerprint density at radius 3 is 1.79 bits per heavy atom. The number of aliphatic hydroxyl groups is 1. The Kier molecular flexibility index (Phi) is 18.9. The van der Waals surface area contributed by atoms with Crippen molar-refractivity contribution in [2.45, 2.75) is 116 Å². The second kappa shape index (κ2) is 22.3. The molecule has 1 heterocycles. The molecule has 2 aromatic carbocycles. The number of anilines is 1. The maximum atomic E-state index is 14.1. The molecule has 0 saturated heterocycles. The van der Waals surface area contributed by atoms with Gasteiger partial charge in [-0.2, -0.15) is 0 Å². The fraction of sp³-hybridized carbons (Fsp3) is 0.721. The van der Waals surface area contributed by atoms with Crippen LogP contribution in [0, 0.1) is 5.41 Å². The molecule has 52 heavy (non-hydrogen) atoms. The summed E-state index contributed by atoms with van der Waals surface area (Å²) in [5.41, 5.74) is 1.84. The van der Waals surface area contributed by atoms with Crippen LogP contribution in [-0.4, -0.2) is 120 Å². The van der Waals surface area contributed by atoms with E-state index in [9.17, 15) is 13.5 Å². The number of rotatable bonds is 25. The largest absolute Gasteiger partial charge is 0.494 e. The van der Waals surface area contributed by atoms with Crippen LogP contribution >= 0.6 is 0 Å². The molecule has 1 aliphatic heterocycles. The van der Waals surface area contributed by atoms with Crippen molar-refractivity contribution >= 4 is 15.5 Å². The molecule has 0 amide bonds. The third-order valence-corrected chi connectivity index (χ3v) is 13.5. The summed E-state index contributed by atoms with van der Waals surface area (Å²) in [5.74, 6) is 0.336. The number of fused-ring (bicyclic) bond motifs is 1. The lowest BCUT2D eigenvalue weighted by molar-refractivity contribution is 0.0127. The van der Waals surface area contributed by atoms with E-state index in [1.54, 1.807) is 6.07 Å². The first-order valence-corrected chi connectivity index (χ1v) is 22.3. The third kappa shape index (κ3) is 12.4. The van der Waals surface area contributed by atoms with Crippen LogP contribution in [0.5, 0.6) is 5.75 Å². The molecule has 1 unspecified atom stereocenters. The van der Waals surface area contributed by atoms with Crippen LogP contribution in [-0.2, 0) is 9.84 Å². The van der Waals surface area contributed by atoms with Crippen LogP contribution in [0.3, 0.4) is 0 Å². The maximum Gasteiger partial charge on any atom is 0.179 e. The quantitative estimate of drug-likeness (QED) is 0.103. The molecule has 0 fully saturated rings. The molecule has 0 aliphatic carbocycles. The van der Waals surface area contributed by atoms with E-state index in [4.69, 9.17) is 4.74 Å². The Hall–Kier alpha value is -2.17. The Bertz CT molecular complexity index is 1370. The first kappa shape index (κ1) is 44.2. The molecule has 0 aromatic heterocycles. The predicted octanol–water partition coefficient (Wildman–Crippen LogP) is 7.93. The molecule has 1 aliphatic rings. The van der Waals surface area contributed by atoms with E-state index in [2.05, 4.69) is 56.2 Å². The minimum Gasteiger partial charge on any atom is -0.494 e. The molecule has 2 atom stereocenters. The lowest BCUT2D eigenvalue weighted by atomic mass is 9.68. The van der Waals surface area contributed by atoms with Gasteiger partial charge in [0.1, 0.15) is 5.75 Å². The number of nitrogens with zero attached hydrogens (tertiary/aromatic N) is 4. The Morgan fingerprint density at radius 2 is 1.27 bits per heavy atom. The van der Waals surface area contributed by atoms with Crippen molar-refractivity contribution < 1.29 is 18.3 Å². The highest BCUT2D eigenvalue weighted by molar-refractivity contribution is 7.91. The molecule has 8 nitrogen and oxygen atoms in total. The lowest BCUT2D eigenvalue weighted by Gasteiger charge is -2.40. The average Bonchev–Trinajstić information content (AvgIpc) is 3.21. The fourth-order valence-electron chi connectivity index (χ4n) is 7.95. The van der Waals surface area contributed by atoms with Gasteiger partial charge in [-0.15, -0.1) is 0 Å². The van der Waals surface area contributed by atoms with E-state index < -0.39 is 27.3 Å². The maximum absolute atomic E-state index is 14.1. The van der Waals surface area contributed by atoms with Gasteiger partial charge >= 0.3 is 0 Å². The fourth-order valence-corrected chi connectivity index (χ4v) is 10.1. The van der Waals surface area contributed by atoms with Gasteiger partial charge in [-0.1, -0.05) is 79.4 Å². The number of unbranched alkanes of at least 4 members (excludes halogenated alkanes) is 4. The van der Waals surface area contributed by atoms with E-state index >= 15 is 0 Å². The van der Waals surface area contributed by atoms with Gasteiger partial charge < -0.3 is 29.4 Å². The molecule has 3 rings (SSSR count). The average molecular weight is 743 g/mol. The number of aliphatic hydroxyl groups excluding tert-OH is 1. The molecule has 0 radical (unpaired) electrons. The zero-order valence-electron chi connectivity index (χ0n) is 34.2. The van der Waals surface area contributed by atoms with E-state index in [-0.39, 0.29) is 5.75 Å². The summed E-state index contributed by atoms with van der Waals surface area (Å²) in [7, 11) is 0.306. The van der Waals surface area contributed by atoms with Crippen LogP contribution < -0.4 is 9.64 Å². The molecule has 296 valence electrons. The van der Waals surface area contributed by atoms with Crippen LogP contribution in [0.25, 0.3) is 0 Å². The minimum absolute atomic E-state index is 0.0171. The number of sulfone groups is 1. The standard InChI is InChI=1S/C43H74N4O4S/c1-9-15-26-43(27-16-10-2)35-52(49,50)40-25-22-37(44(7)8)34-39(40)41(42(43)48)36-20-23-38(24-21-36)51-33-19-17-18-28-47(31-29-45(11-3)12-4)32-30-46(13-5)14-6/h20-25,34,41-42,48H,9-19,26-33,35H2,1-8H3/t41?,42-/m1/s1. The van der Waals surface area contributed by atoms with E-state index in [0.717, 1.165) is 121 Å². The minimum atomic E-state index is -3.63. The summed E-state index contributed by atoms with van der Waals surface area (Å²) < 4.78 is 34.5. The molecular weight excluding hydrogens is 669 g/mol. The zero-order valence-corrected chi connectivity index (χ0v) is 35.0. The normalized spacial score (nSPS) is 18.2. The van der Waals surface area contributed by atoms with Crippen molar-refractivity contribution in [2.75, 3.05) is 90.3 Å². The van der Waals surface area contributed by atoms with Gasteiger partial charge in [-0.25, -0.2) is 8.42 Å². The lowest BCUT2D eigenvalue weighted by Crippen LogP contribution is -2.43. The van der Waals surface area contributed by atoms with E-state index in [1.165, 1.54) is 0 Å². The summed E-state index contributed by atoms with van der Waals surface area (Å²) >= 11 is 0. The number of ether oxygens (including phenoxy) is 1. The summed E-state index contributed by atoms with van der Waals surface area (Å²) in [6, 6.07) is 13.7.